The number of non-ortho nitro benzene ring substituents is 1. The minimum Gasteiger partial charge on any atom is -0.322 e. The topological polar surface area (TPSA) is 89.3 Å². The van der Waals surface area contributed by atoms with Gasteiger partial charge in [-0.15, -0.1) is 11.8 Å². The number of nitrogens with one attached hydrogen (secondary N) is 1. The van der Waals surface area contributed by atoms with Gasteiger partial charge >= 0.3 is 0 Å². The number of rotatable bonds is 7. The van der Waals surface area contributed by atoms with Crippen molar-refractivity contribution in [3.05, 3.63) is 100 Å². The fraction of sp³-hybridized carbons (Fsp3) is 0.0476. The van der Waals surface area contributed by atoms with E-state index in [1.807, 2.05) is 30.3 Å². The maximum atomic E-state index is 12.3. The number of thioether (sulfide) groups is 1. The van der Waals surface area contributed by atoms with Crippen molar-refractivity contribution >= 4 is 34.8 Å². The standard InChI is InChI=1S/C21H16N2O4S/c24-20(15-5-2-1-3-6-15)14-28-19-11-9-17(10-12-19)22-21(25)16-7-4-8-18(13-16)23(26)27/h1-13H,14H2,(H,22,25). The Morgan fingerprint density at radius 2 is 1.57 bits per heavy atom. The molecule has 3 aromatic rings. The molecule has 0 saturated heterocycles. The smallest absolute Gasteiger partial charge is 0.270 e. The van der Waals surface area contributed by atoms with Gasteiger partial charge in [-0.25, -0.2) is 0 Å². The third-order valence-electron chi connectivity index (χ3n) is 3.90. The Kier molecular flexibility index (Phi) is 6.18. The second kappa shape index (κ2) is 8.96. The number of hydrogen-bond donors (Lipinski definition) is 1. The SMILES string of the molecule is O=C(CSc1ccc(NC(=O)c2cccc([N+](=O)[O-])c2)cc1)c1ccccc1. The lowest BCUT2D eigenvalue weighted by Gasteiger charge is -2.07. The zero-order valence-corrected chi connectivity index (χ0v) is 15.5. The highest BCUT2D eigenvalue weighted by atomic mass is 32.2. The van der Waals surface area contributed by atoms with Gasteiger partial charge in [0.25, 0.3) is 11.6 Å². The molecule has 0 radical (unpaired) electrons. The quantitative estimate of drug-likeness (QED) is 0.269. The molecule has 0 fully saturated rings. The highest BCUT2D eigenvalue weighted by molar-refractivity contribution is 8.00. The number of ketones is 1. The van der Waals surface area contributed by atoms with Crippen LogP contribution in [0.5, 0.6) is 0 Å². The summed E-state index contributed by atoms with van der Waals surface area (Å²) in [6, 6.07) is 21.7. The molecular weight excluding hydrogens is 376 g/mol. The van der Waals surface area contributed by atoms with E-state index < -0.39 is 10.8 Å². The van der Waals surface area contributed by atoms with Crippen molar-refractivity contribution in [3.8, 4) is 0 Å². The van der Waals surface area contributed by atoms with E-state index in [0.717, 1.165) is 4.90 Å². The fourth-order valence-corrected chi connectivity index (χ4v) is 3.25. The second-order valence-electron chi connectivity index (χ2n) is 5.86. The molecule has 7 heteroatoms. The minimum atomic E-state index is -0.542. The predicted molar refractivity (Wildman–Crippen MR) is 109 cm³/mol. The van der Waals surface area contributed by atoms with Crippen LogP contribution in [0.3, 0.4) is 0 Å². The summed E-state index contributed by atoms with van der Waals surface area (Å²) >= 11 is 1.42. The van der Waals surface area contributed by atoms with E-state index in [2.05, 4.69) is 5.32 Å². The largest absolute Gasteiger partial charge is 0.322 e. The summed E-state index contributed by atoms with van der Waals surface area (Å²) in [4.78, 5) is 35.6. The monoisotopic (exact) mass is 392 g/mol. The van der Waals surface area contributed by atoms with E-state index in [1.54, 1.807) is 24.3 Å². The van der Waals surface area contributed by atoms with Gasteiger partial charge in [0.1, 0.15) is 0 Å². The molecule has 0 aromatic heterocycles. The number of benzene rings is 3. The van der Waals surface area contributed by atoms with Crippen LogP contribution >= 0.6 is 11.8 Å². The molecule has 0 aliphatic heterocycles. The summed E-state index contributed by atoms with van der Waals surface area (Å²) in [6.07, 6.45) is 0. The maximum Gasteiger partial charge on any atom is 0.270 e. The number of carbonyl (C=O) groups excluding carboxylic acids is 2. The highest BCUT2D eigenvalue weighted by Crippen LogP contribution is 2.22. The van der Waals surface area contributed by atoms with Gasteiger partial charge < -0.3 is 5.32 Å². The average Bonchev–Trinajstić information content (AvgIpc) is 2.73. The first-order valence-corrected chi connectivity index (χ1v) is 9.38. The Balaban J connectivity index is 1.58. The molecular formula is C21H16N2O4S. The van der Waals surface area contributed by atoms with Crippen molar-refractivity contribution in [2.24, 2.45) is 0 Å². The van der Waals surface area contributed by atoms with Crippen LogP contribution < -0.4 is 5.32 Å². The Labute approximate surface area is 165 Å². The third kappa shape index (κ3) is 5.05. The molecule has 0 aliphatic rings. The molecule has 0 atom stereocenters. The lowest BCUT2D eigenvalue weighted by molar-refractivity contribution is -0.384. The minimum absolute atomic E-state index is 0.0497. The average molecular weight is 392 g/mol. The Morgan fingerprint density at radius 1 is 0.893 bits per heavy atom. The van der Waals surface area contributed by atoms with E-state index in [9.17, 15) is 19.7 Å². The molecule has 140 valence electrons. The third-order valence-corrected chi connectivity index (χ3v) is 4.91. The van der Waals surface area contributed by atoms with Crippen molar-refractivity contribution in [3.63, 3.8) is 0 Å². The number of hydrogen-bond acceptors (Lipinski definition) is 5. The van der Waals surface area contributed by atoms with Gasteiger partial charge in [-0.3, -0.25) is 19.7 Å². The molecule has 1 amide bonds. The van der Waals surface area contributed by atoms with E-state index in [4.69, 9.17) is 0 Å². The molecule has 0 spiro atoms. The van der Waals surface area contributed by atoms with E-state index in [1.165, 1.54) is 36.0 Å². The molecule has 0 aliphatic carbocycles. The first-order valence-electron chi connectivity index (χ1n) is 8.40. The maximum absolute atomic E-state index is 12.3. The molecule has 6 nitrogen and oxygen atoms in total. The summed E-state index contributed by atoms with van der Waals surface area (Å²) in [5.74, 6) is -0.0549. The van der Waals surface area contributed by atoms with Gasteiger partial charge in [-0.05, 0) is 30.3 Å². The molecule has 0 saturated carbocycles. The van der Waals surface area contributed by atoms with Gasteiger partial charge in [0.15, 0.2) is 5.78 Å². The number of nitro groups is 1. The summed E-state index contributed by atoms with van der Waals surface area (Å²) in [5.41, 5.74) is 1.31. The lowest BCUT2D eigenvalue weighted by atomic mass is 10.2. The number of anilines is 1. The lowest BCUT2D eigenvalue weighted by Crippen LogP contribution is -2.12. The van der Waals surface area contributed by atoms with Crippen LogP contribution in [-0.4, -0.2) is 22.4 Å². The van der Waals surface area contributed by atoms with E-state index in [-0.39, 0.29) is 17.0 Å². The molecule has 0 unspecified atom stereocenters. The normalized spacial score (nSPS) is 10.3. The van der Waals surface area contributed by atoms with Crippen molar-refractivity contribution in [2.75, 3.05) is 11.1 Å². The summed E-state index contributed by atoms with van der Waals surface area (Å²) in [7, 11) is 0. The Bertz CT molecular complexity index is 1000. The number of amides is 1. The van der Waals surface area contributed by atoms with Crippen molar-refractivity contribution < 1.29 is 14.5 Å². The summed E-state index contributed by atoms with van der Waals surface area (Å²) in [5, 5.41) is 13.5. The van der Waals surface area contributed by atoms with Crippen LogP contribution in [0.1, 0.15) is 20.7 Å². The van der Waals surface area contributed by atoms with Crippen LogP contribution in [0.2, 0.25) is 0 Å². The Hall–Kier alpha value is -3.45. The molecule has 0 bridgehead atoms. The van der Waals surface area contributed by atoms with Crippen LogP contribution in [0, 0.1) is 10.1 Å². The molecule has 3 rings (SSSR count). The molecule has 0 heterocycles. The zero-order chi connectivity index (χ0) is 19.9. The number of nitro benzene ring substituents is 1. The summed E-state index contributed by atoms with van der Waals surface area (Å²) in [6.45, 7) is 0. The van der Waals surface area contributed by atoms with E-state index >= 15 is 0 Å². The summed E-state index contributed by atoms with van der Waals surface area (Å²) < 4.78 is 0. The molecule has 1 N–H and O–H groups in total. The van der Waals surface area contributed by atoms with Gasteiger partial charge in [0, 0.05) is 33.8 Å². The molecule has 28 heavy (non-hydrogen) atoms. The van der Waals surface area contributed by atoms with Gasteiger partial charge in [0.2, 0.25) is 0 Å². The van der Waals surface area contributed by atoms with Gasteiger partial charge in [0.05, 0.1) is 10.7 Å². The highest BCUT2D eigenvalue weighted by Gasteiger charge is 2.12. The van der Waals surface area contributed by atoms with Crippen LogP contribution in [-0.2, 0) is 0 Å². The van der Waals surface area contributed by atoms with Crippen molar-refractivity contribution in [1.29, 1.82) is 0 Å². The first kappa shape index (κ1) is 19.3. The Morgan fingerprint density at radius 3 is 2.25 bits per heavy atom. The number of Topliss-reactive ketones (excluding diaryl/α,β-unsaturated/α-hetero) is 1. The van der Waals surface area contributed by atoms with Gasteiger partial charge in [-0.2, -0.15) is 0 Å². The van der Waals surface area contributed by atoms with Crippen LogP contribution in [0.25, 0.3) is 0 Å². The van der Waals surface area contributed by atoms with Crippen molar-refractivity contribution in [1.82, 2.24) is 0 Å². The number of nitrogens with zero attached hydrogens (tertiary/aromatic N) is 1. The van der Waals surface area contributed by atoms with Crippen molar-refractivity contribution in [2.45, 2.75) is 4.90 Å². The molecule has 3 aromatic carbocycles. The van der Waals surface area contributed by atoms with E-state index in [0.29, 0.717) is 17.0 Å². The second-order valence-corrected chi connectivity index (χ2v) is 6.91. The van der Waals surface area contributed by atoms with Crippen LogP contribution in [0.4, 0.5) is 11.4 Å². The predicted octanol–water partition coefficient (Wildman–Crippen LogP) is 4.82. The van der Waals surface area contributed by atoms with Crippen LogP contribution in [0.15, 0.2) is 83.8 Å². The first-order chi connectivity index (χ1) is 13.5. The van der Waals surface area contributed by atoms with Gasteiger partial charge in [-0.1, -0.05) is 36.4 Å². The fourth-order valence-electron chi connectivity index (χ4n) is 2.45. The number of carbonyl (C=O) groups is 2. The zero-order valence-electron chi connectivity index (χ0n) is 14.7.